The number of alkyl halides is 5. The van der Waals surface area contributed by atoms with E-state index in [1.54, 1.807) is 18.3 Å². The van der Waals surface area contributed by atoms with Gasteiger partial charge in [-0.2, -0.15) is 22.0 Å². The average Bonchev–Trinajstić information content (AvgIpc) is 3.69. The monoisotopic (exact) mass is 479 g/mol. The summed E-state index contributed by atoms with van der Waals surface area (Å²) < 4.78 is 69.8. The lowest BCUT2D eigenvalue weighted by Crippen LogP contribution is -2.52. The first kappa shape index (κ1) is 22.7. The number of likely N-dealkylation sites (tertiary alicyclic amines) is 1. The number of fused-ring (bicyclic) bond motifs is 1. The molecule has 0 bridgehead atoms. The van der Waals surface area contributed by atoms with E-state index >= 15 is 8.78 Å². The summed E-state index contributed by atoms with van der Waals surface area (Å²) in [7, 11) is 0. The van der Waals surface area contributed by atoms with E-state index in [4.69, 9.17) is 0 Å². The van der Waals surface area contributed by atoms with Gasteiger partial charge in [0, 0.05) is 29.1 Å². The molecule has 0 spiro atoms. The molecule has 3 fully saturated rings. The first-order valence-corrected chi connectivity index (χ1v) is 11.1. The predicted octanol–water partition coefficient (Wildman–Crippen LogP) is 4.75. The predicted molar refractivity (Wildman–Crippen MR) is 111 cm³/mol. The van der Waals surface area contributed by atoms with Gasteiger partial charge in [-0.3, -0.25) is 19.9 Å². The molecule has 3 aliphatic rings. The zero-order valence-electron chi connectivity index (χ0n) is 18.2. The third-order valence-electron chi connectivity index (χ3n) is 6.80. The summed E-state index contributed by atoms with van der Waals surface area (Å²) >= 11 is 0. The number of pyridine rings is 1. The van der Waals surface area contributed by atoms with Crippen LogP contribution in [0.2, 0.25) is 0 Å². The van der Waals surface area contributed by atoms with Crippen LogP contribution in [0.25, 0.3) is 0 Å². The molecule has 180 valence electrons. The van der Waals surface area contributed by atoms with Crippen molar-refractivity contribution in [2.24, 2.45) is 5.92 Å². The van der Waals surface area contributed by atoms with Gasteiger partial charge in [0.2, 0.25) is 5.91 Å². The van der Waals surface area contributed by atoms with Gasteiger partial charge in [-0.05, 0) is 74.3 Å². The van der Waals surface area contributed by atoms with Crippen molar-refractivity contribution >= 4 is 11.8 Å². The van der Waals surface area contributed by atoms with Crippen LogP contribution in [0.3, 0.4) is 0 Å². The number of amides is 2. The van der Waals surface area contributed by atoms with Crippen LogP contribution in [0.4, 0.5) is 22.0 Å². The summed E-state index contributed by atoms with van der Waals surface area (Å²) in [6.45, 7) is 1.72. The Morgan fingerprint density at radius 3 is 2.44 bits per heavy atom. The molecule has 10 heteroatoms. The fourth-order valence-corrected chi connectivity index (χ4v) is 4.87. The number of carbonyl (C=O) groups excluding carboxylic acids is 2. The maximum absolute atomic E-state index is 15.2. The molecule has 1 aliphatic heterocycles. The van der Waals surface area contributed by atoms with Crippen LogP contribution in [0, 0.1) is 12.8 Å². The number of hydrogen-bond acceptors (Lipinski definition) is 3. The number of piperidine rings is 1. The Hall–Kier alpha value is -3.04. The lowest BCUT2D eigenvalue weighted by atomic mass is 9.98. The summed E-state index contributed by atoms with van der Waals surface area (Å²) in [5.74, 6) is -1.76. The van der Waals surface area contributed by atoms with Crippen LogP contribution in [0.15, 0.2) is 36.5 Å². The minimum atomic E-state index is -4.66. The zero-order valence-corrected chi connectivity index (χ0v) is 18.2. The number of halogens is 5. The van der Waals surface area contributed by atoms with E-state index in [9.17, 15) is 22.8 Å². The van der Waals surface area contributed by atoms with Crippen molar-refractivity contribution in [2.75, 3.05) is 0 Å². The molecule has 1 saturated heterocycles. The second-order valence-corrected chi connectivity index (χ2v) is 9.35. The molecular formula is C24H22F5N3O2. The number of hydrogen-bond donors (Lipinski definition) is 1. The van der Waals surface area contributed by atoms with Crippen molar-refractivity contribution < 1.29 is 31.5 Å². The molecule has 5 rings (SSSR count). The van der Waals surface area contributed by atoms with Crippen molar-refractivity contribution in [1.82, 2.24) is 15.2 Å². The number of nitrogens with one attached hydrogen (secondary N) is 1. The van der Waals surface area contributed by atoms with Gasteiger partial charge in [0.1, 0.15) is 6.04 Å². The van der Waals surface area contributed by atoms with Gasteiger partial charge in [-0.1, -0.05) is 6.07 Å². The van der Waals surface area contributed by atoms with Crippen LogP contribution in [-0.2, 0) is 17.0 Å². The van der Waals surface area contributed by atoms with Crippen molar-refractivity contribution in [3.8, 4) is 0 Å². The van der Waals surface area contributed by atoms with Gasteiger partial charge in [0.05, 0.1) is 5.56 Å². The van der Waals surface area contributed by atoms with E-state index in [0.717, 1.165) is 12.1 Å². The SMILES string of the molecule is Cc1cc(C(=O)N2[C@@H](C(=O)NC(F)(F)c3ccc(C(F)(F)F)cc3C3CC3)C[C@H]3C[C@H]32)ccn1. The summed E-state index contributed by atoms with van der Waals surface area (Å²) in [6, 6.07) is 0.0459. The molecule has 1 aromatic carbocycles. The molecule has 3 atom stereocenters. The topological polar surface area (TPSA) is 62.3 Å². The fourth-order valence-electron chi connectivity index (χ4n) is 4.87. The highest BCUT2D eigenvalue weighted by Crippen LogP contribution is 2.49. The first-order chi connectivity index (χ1) is 16.0. The van der Waals surface area contributed by atoms with Gasteiger partial charge in [-0.15, -0.1) is 0 Å². The molecule has 0 radical (unpaired) electrons. The molecule has 2 heterocycles. The summed E-state index contributed by atoms with van der Waals surface area (Å²) in [5, 5.41) is 1.72. The van der Waals surface area contributed by atoms with Crippen LogP contribution in [-0.4, -0.2) is 33.8 Å². The molecule has 2 aliphatic carbocycles. The lowest BCUT2D eigenvalue weighted by molar-refractivity contribution is -0.140. The van der Waals surface area contributed by atoms with Crippen LogP contribution in [0.5, 0.6) is 0 Å². The van der Waals surface area contributed by atoms with Crippen molar-refractivity contribution in [3.63, 3.8) is 0 Å². The minimum Gasteiger partial charge on any atom is -0.323 e. The van der Waals surface area contributed by atoms with E-state index in [0.29, 0.717) is 36.6 Å². The summed E-state index contributed by atoms with van der Waals surface area (Å²) in [6.07, 6.45) is -1.19. The zero-order chi connectivity index (χ0) is 24.4. The Balaban J connectivity index is 1.39. The highest BCUT2D eigenvalue weighted by atomic mass is 19.4. The molecule has 2 amide bonds. The van der Waals surface area contributed by atoms with Crippen LogP contribution < -0.4 is 5.32 Å². The Morgan fingerprint density at radius 2 is 1.79 bits per heavy atom. The number of benzene rings is 1. The second kappa shape index (κ2) is 7.74. The number of nitrogens with zero attached hydrogens (tertiary/aromatic N) is 2. The highest BCUT2D eigenvalue weighted by molar-refractivity contribution is 5.98. The maximum atomic E-state index is 15.2. The van der Waals surface area contributed by atoms with Gasteiger partial charge in [0.15, 0.2) is 0 Å². The standard InChI is InChI=1S/C24H22F5N3O2/c1-12-8-14(6-7-30-12)22(34)32-19-9-15(19)10-20(32)21(33)31-24(28,29)18-5-4-16(23(25,26)27)11-17(18)13-2-3-13/h4-8,11,13,15,19-20H,2-3,9-10H2,1H3,(H,31,33)/t15-,19-,20-/m1/s1. The number of rotatable bonds is 5. The molecule has 2 aromatic rings. The molecule has 34 heavy (non-hydrogen) atoms. The Morgan fingerprint density at radius 1 is 1.06 bits per heavy atom. The number of aryl methyl sites for hydroxylation is 1. The third-order valence-corrected chi connectivity index (χ3v) is 6.80. The van der Waals surface area contributed by atoms with Crippen molar-refractivity contribution in [1.29, 1.82) is 0 Å². The van der Waals surface area contributed by atoms with Gasteiger partial charge < -0.3 is 4.90 Å². The summed E-state index contributed by atoms with van der Waals surface area (Å²) in [4.78, 5) is 31.5. The Bertz CT molecular complexity index is 1160. The van der Waals surface area contributed by atoms with E-state index in [2.05, 4.69) is 4.98 Å². The number of aromatic nitrogens is 1. The molecule has 1 N–H and O–H groups in total. The van der Waals surface area contributed by atoms with Gasteiger partial charge in [-0.25, -0.2) is 0 Å². The Labute approximate surface area is 192 Å². The largest absolute Gasteiger partial charge is 0.416 e. The van der Waals surface area contributed by atoms with E-state index in [1.165, 1.54) is 17.2 Å². The molecule has 0 unspecified atom stereocenters. The van der Waals surface area contributed by atoms with Gasteiger partial charge >= 0.3 is 12.2 Å². The fraction of sp³-hybridized carbons (Fsp3) is 0.458. The quantitative estimate of drug-likeness (QED) is 0.497. The molecule has 5 nitrogen and oxygen atoms in total. The second-order valence-electron chi connectivity index (χ2n) is 9.35. The molecule has 1 aromatic heterocycles. The van der Waals surface area contributed by atoms with Crippen LogP contribution in [0.1, 0.15) is 64.3 Å². The Kier molecular flexibility index (Phi) is 5.18. The summed E-state index contributed by atoms with van der Waals surface area (Å²) in [5.41, 5.74) is -0.805. The molecule has 2 saturated carbocycles. The average molecular weight is 479 g/mol. The number of carbonyl (C=O) groups is 2. The molecular weight excluding hydrogens is 457 g/mol. The maximum Gasteiger partial charge on any atom is 0.416 e. The van der Waals surface area contributed by atoms with E-state index < -0.39 is 47.1 Å². The van der Waals surface area contributed by atoms with E-state index in [1.807, 2.05) is 0 Å². The first-order valence-electron chi connectivity index (χ1n) is 11.1. The minimum absolute atomic E-state index is 0.0735. The highest BCUT2D eigenvalue weighted by Gasteiger charge is 2.57. The van der Waals surface area contributed by atoms with Crippen molar-refractivity contribution in [2.45, 2.75) is 62.8 Å². The third kappa shape index (κ3) is 4.14. The lowest BCUT2D eigenvalue weighted by Gasteiger charge is -2.29. The van der Waals surface area contributed by atoms with Crippen LogP contribution >= 0.6 is 0 Å². The smallest absolute Gasteiger partial charge is 0.323 e. The van der Waals surface area contributed by atoms with E-state index in [-0.39, 0.29) is 23.9 Å². The normalized spacial score (nSPS) is 24.1. The van der Waals surface area contributed by atoms with Crippen molar-refractivity contribution in [3.05, 3.63) is 64.5 Å². The van der Waals surface area contributed by atoms with Gasteiger partial charge in [0.25, 0.3) is 5.91 Å².